The third-order valence-electron chi connectivity index (χ3n) is 7.00. The summed E-state index contributed by atoms with van der Waals surface area (Å²) >= 11 is 0. The molecule has 0 aliphatic rings. The molecule has 238 valence electrons. The Hall–Kier alpha value is -2.42. The van der Waals surface area contributed by atoms with E-state index in [1.165, 1.54) is 57.8 Å². The second-order valence-corrected chi connectivity index (χ2v) is 10.9. The molecule has 2 atom stereocenters. The second kappa shape index (κ2) is 27.7. The summed E-state index contributed by atoms with van der Waals surface area (Å²) in [6.45, 7) is 3.37. The molecule has 0 saturated carbocycles. The highest BCUT2D eigenvalue weighted by Gasteiger charge is 2.18. The minimum Gasteiger partial charge on any atom is -0.480 e. The summed E-state index contributed by atoms with van der Waals surface area (Å²) in [6, 6.07) is -1.39. The quantitative estimate of drug-likeness (QED) is 0.0505. The van der Waals surface area contributed by atoms with E-state index < -0.39 is 24.5 Å². The zero-order valence-electron chi connectivity index (χ0n) is 25.8. The fourth-order valence-corrected chi connectivity index (χ4v) is 4.45. The summed E-state index contributed by atoms with van der Waals surface area (Å²) in [5.74, 6) is -2.41. The van der Waals surface area contributed by atoms with Crippen LogP contribution in [0.25, 0.3) is 0 Å². The lowest BCUT2D eigenvalue weighted by Gasteiger charge is -2.15. The van der Waals surface area contributed by atoms with Crippen LogP contribution in [-0.4, -0.2) is 59.3 Å². The van der Waals surface area contributed by atoms with Crippen molar-refractivity contribution in [2.75, 3.05) is 13.2 Å². The van der Waals surface area contributed by atoms with Crippen LogP contribution in [0.5, 0.6) is 0 Å². The number of hydrogen-bond donors (Lipinski definition) is 4. The molecule has 0 bridgehead atoms. The van der Waals surface area contributed by atoms with Crippen LogP contribution in [0.1, 0.15) is 142 Å². The van der Waals surface area contributed by atoms with Crippen molar-refractivity contribution in [3.05, 3.63) is 12.2 Å². The average Bonchev–Trinajstić information content (AvgIpc) is 2.95. The molecule has 9 nitrogen and oxygen atoms in total. The van der Waals surface area contributed by atoms with Crippen LogP contribution >= 0.6 is 0 Å². The molecule has 0 aliphatic carbocycles. The molecular weight excluding hydrogens is 524 g/mol. The highest BCUT2D eigenvalue weighted by Crippen LogP contribution is 2.15. The minimum absolute atomic E-state index is 0.120. The van der Waals surface area contributed by atoms with Gasteiger partial charge in [-0.2, -0.15) is 0 Å². The summed E-state index contributed by atoms with van der Waals surface area (Å²) < 4.78 is 5.81. The maximum Gasteiger partial charge on any atom is 0.328 e. The topological polar surface area (TPSA) is 142 Å². The molecular formula is C32H58N2O7. The van der Waals surface area contributed by atoms with Gasteiger partial charge in [0.25, 0.3) is 0 Å². The highest BCUT2D eigenvalue weighted by molar-refractivity contribution is 5.87. The third-order valence-corrected chi connectivity index (χ3v) is 7.00. The maximum absolute atomic E-state index is 12.5. The van der Waals surface area contributed by atoms with Crippen LogP contribution in [0, 0.1) is 0 Å². The standard InChI is InChI=1S/C32H58N2O7/c1-3-5-7-9-11-13-17-21-27(41-31(38)24-20-14-12-10-8-6-4-2)22-18-15-16-19-23-29(36)33-25-30(37)34-28(26-35)32(39)40/h17,21,27-28,35H,3-16,18-20,22-26H2,1-2H3,(H,33,36)(H,34,37)(H,39,40)/b21-17-. The first kappa shape index (κ1) is 38.6. The van der Waals surface area contributed by atoms with Crippen molar-refractivity contribution < 1.29 is 34.1 Å². The van der Waals surface area contributed by atoms with Gasteiger partial charge in [-0.1, -0.05) is 97.0 Å². The molecule has 0 heterocycles. The van der Waals surface area contributed by atoms with Gasteiger partial charge in [0.1, 0.15) is 12.1 Å². The molecule has 9 heteroatoms. The van der Waals surface area contributed by atoms with Crippen molar-refractivity contribution in [2.24, 2.45) is 0 Å². The van der Waals surface area contributed by atoms with Gasteiger partial charge in [0, 0.05) is 12.8 Å². The SMILES string of the molecule is CCCCCCC/C=C\C(CCCCCCC(=O)NCC(=O)NC(CO)C(=O)O)OC(=O)CCCCCCCCC. The molecule has 2 unspecified atom stereocenters. The Morgan fingerprint density at radius 1 is 0.732 bits per heavy atom. The molecule has 0 fully saturated rings. The zero-order chi connectivity index (χ0) is 30.6. The highest BCUT2D eigenvalue weighted by atomic mass is 16.5. The van der Waals surface area contributed by atoms with E-state index >= 15 is 0 Å². The number of carbonyl (C=O) groups excluding carboxylic acids is 3. The monoisotopic (exact) mass is 582 g/mol. The first-order valence-electron chi connectivity index (χ1n) is 16.1. The Kier molecular flexibility index (Phi) is 26.1. The molecule has 0 rings (SSSR count). The normalized spacial score (nSPS) is 12.7. The van der Waals surface area contributed by atoms with Gasteiger partial charge in [0.15, 0.2) is 0 Å². The lowest BCUT2D eigenvalue weighted by atomic mass is 10.1. The van der Waals surface area contributed by atoms with Crippen LogP contribution in [0.2, 0.25) is 0 Å². The van der Waals surface area contributed by atoms with Crippen molar-refractivity contribution >= 4 is 23.8 Å². The number of unbranched alkanes of at least 4 members (excludes halogenated alkanes) is 14. The maximum atomic E-state index is 12.5. The number of allylic oxidation sites excluding steroid dienone is 1. The predicted octanol–water partition coefficient (Wildman–Crippen LogP) is 5.97. The first-order chi connectivity index (χ1) is 19.8. The van der Waals surface area contributed by atoms with Crippen LogP contribution < -0.4 is 10.6 Å². The number of esters is 1. The number of aliphatic hydroxyl groups is 1. The number of nitrogens with one attached hydrogen (secondary N) is 2. The number of carboxylic acids is 1. The summed E-state index contributed by atoms with van der Waals surface area (Å²) in [5, 5.41) is 22.4. The summed E-state index contributed by atoms with van der Waals surface area (Å²) in [5.41, 5.74) is 0. The second-order valence-electron chi connectivity index (χ2n) is 10.9. The van der Waals surface area contributed by atoms with E-state index in [1.54, 1.807) is 0 Å². The fraction of sp³-hybridized carbons (Fsp3) is 0.812. The number of carboxylic acid groups (broad SMARTS) is 1. The van der Waals surface area contributed by atoms with Gasteiger partial charge in [0.05, 0.1) is 13.2 Å². The van der Waals surface area contributed by atoms with Crippen LogP contribution in [-0.2, 0) is 23.9 Å². The van der Waals surface area contributed by atoms with Gasteiger partial charge in [-0.15, -0.1) is 0 Å². The third kappa shape index (κ3) is 25.0. The number of aliphatic hydroxyl groups excluding tert-OH is 1. The largest absolute Gasteiger partial charge is 0.480 e. The van der Waals surface area contributed by atoms with E-state index in [4.69, 9.17) is 14.9 Å². The Bertz CT molecular complexity index is 727. The molecule has 0 aromatic heterocycles. The number of carbonyl (C=O) groups is 4. The van der Waals surface area contributed by atoms with E-state index in [9.17, 15) is 19.2 Å². The van der Waals surface area contributed by atoms with Crippen molar-refractivity contribution in [1.82, 2.24) is 10.6 Å². The van der Waals surface area contributed by atoms with Gasteiger partial charge < -0.3 is 25.6 Å². The van der Waals surface area contributed by atoms with E-state index in [0.29, 0.717) is 12.8 Å². The van der Waals surface area contributed by atoms with Gasteiger partial charge in [0.2, 0.25) is 11.8 Å². The van der Waals surface area contributed by atoms with Gasteiger partial charge in [-0.05, 0) is 44.6 Å². The molecule has 0 saturated heterocycles. The van der Waals surface area contributed by atoms with Gasteiger partial charge in [-0.25, -0.2) is 4.79 Å². The van der Waals surface area contributed by atoms with E-state index in [-0.39, 0.29) is 30.9 Å². The Balaban J connectivity index is 4.31. The summed E-state index contributed by atoms with van der Waals surface area (Å²) in [4.78, 5) is 47.0. The van der Waals surface area contributed by atoms with Gasteiger partial charge >= 0.3 is 11.9 Å². The Labute approximate surface area is 248 Å². The molecule has 0 aromatic rings. The van der Waals surface area contributed by atoms with E-state index in [1.807, 2.05) is 6.08 Å². The Morgan fingerprint density at radius 2 is 1.29 bits per heavy atom. The number of amides is 2. The predicted molar refractivity (Wildman–Crippen MR) is 162 cm³/mol. The smallest absolute Gasteiger partial charge is 0.328 e. The number of rotatable bonds is 28. The van der Waals surface area contributed by atoms with Crippen molar-refractivity contribution in [2.45, 2.75) is 154 Å². The molecule has 0 aromatic carbocycles. The minimum atomic E-state index is -1.39. The fourth-order valence-electron chi connectivity index (χ4n) is 4.45. The van der Waals surface area contributed by atoms with E-state index in [0.717, 1.165) is 51.4 Å². The molecule has 41 heavy (non-hydrogen) atoms. The molecule has 0 aliphatic heterocycles. The van der Waals surface area contributed by atoms with Crippen LogP contribution in [0.4, 0.5) is 0 Å². The molecule has 0 radical (unpaired) electrons. The first-order valence-corrected chi connectivity index (χ1v) is 16.1. The van der Waals surface area contributed by atoms with Crippen LogP contribution in [0.3, 0.4) is 0 Å². The van der Waals surface area contributed by atoms with E-state index in [2.05, 4.69) is 30.6 Å². The number of ether oxygens (including phenoxy) is 1. The number of hydrogen-bond acceptors (Lipinski definition) is 6. The molecule has 4 N–H and O–H groups in total. The van der Waals surface area contributed by atoms with Crippen molar-refractivity contribution in [1.29, 1.82) is 0 Å². The Morgan fingerprint density at radius 3 is 1.90 bits per heavy atom. The van der Waals surface area contributed by atoms with Crippen LogP contribution in [0.15, 0.2) is 12.2 Å². The molecule has 2 amide bonds. The number of aliphatic carboxylic acids is 1. The van der Waals surface area contributed by atoms with Gasteiger partial charge in [-0.3, -0.25) is 14.4 Å². The average molecular weight is 583 g/mol. The summed E-state index contributed by atoms with van der Waals surface area (Å²) in [7, 11) is 0. The lowest BCUT2D eigenvalue weighted by Crippen LogP contribution is -2.47. The zero-order valence-corrected chi connectivity index (χ0v) is 25.8. The molecule has 0 spiro atoms. The lowest BCUT2D eigenvalue weighted by molar-refractivity contribution is -0.147. The summed E-state index contributed by atoms with van der Waals surface area (Å²) in [6.07, 6.45) is 24.1. The van der Waals surface area contributed by atoms with Crippen molar-refractivity contribution in [3.63, 3.8) is 0 Å². The van der Waals surface area contributed by atoms with Crippen molar-refractivity contribution in [3.8, 4) is 0 Å².